The van der Waals surface area contributed by atoms with Gasteiger partial charge in [0, 0.05) is 39.1 Å². The van der Waals surface area contributed by atoms with E-state index in [0.717, 1.165) is 33.3 Å². The molecule has 4 rings (SSSR count). The summed E-state index contributed by atoms with van der Waals surface area (Å²) in [5.74, 6) is -1.45. The molecule has 2 aliphatic rings. The van der Waals surface area contributed by atoms with Crippen LogP contribution < -0.4 is 0 Å². The molecule has 2 N–H and O–H groups in total. The van der Waals surface area contributed by atoms with Crippen molar-refractivity contribution in [2.24, 2.45) is 9.98 Å². The summed E-state index contributed by atoms with van der Waals surface area (Å²) in [6, 6.07) is 13.6. The molecule has 0 radical (unpaired) electrons. The number of carboxylic acids is 2. The van der Waals surface area contributed by atoms with Gasteiger partial charge in [0.15, 0.2) is 0 Å². The van der Waals surface area contributed by atoms with Crippen molar-refractivity contribution < 1.29 is 19.8 Å². The predicted molar refractivity (Wildman–Crippen MR) is 148 cm³/mol. The summed E-state index contributed by atoms with van der Waals surface area (Å²) >= 11 is 14.5. The van der Waals surface area contributed by atoms with Gasteiger partial charge in [-0.1, -0.05) is 41.4 Å². The van der Waals surface area contributed by atoms with Crippen LogP contribution in [-0.2, 0) is 9.59 Å². The molecule has 2 aliphatic heterocycles. The number of carboxylic acid groups (broad SMARTS) is 2. The summed E-state index contributed by atoms with van der Waals surface area (Å²) in [5, 5.41) is 18.0. The summed E-state index contributed by atoms with van der Waals surface area (Å²) in [5.41, 5.74) is 3.62. The van der Waals surface area contributed by atoms with Gasteiger partial charge in [0.25, 0.3) is 0 Å². The van der Waals surface area contributed by atoms with Crippen molar-refractivity contribution >= 4 is 63.3 Å². The number of aliphatic carboxylic acids is 2. The zero-order valence-electron chi connectivity index (χ0n) is 19.6. The molecule has 36 heavy (non-hydrogen) atoms. The van der Waals surface area contributed by atoms with Crippen molar-refractivity contribution in [1.82, 2.24) is 4.90 Å². The fraction of sp³-hybridized carbons (Fsp3) is 0.308. The standard InChI is InChI=1S/C22H23Cl2N3S.C4H4O4/c23-16-8-9-20-18(14-16)22(17-6-1-2-7-19(17)24)25-15-21(26-20)28-13-5-12-27-10-3-4-11-27;5-3(6)1-2-4(7)8/h1-2,6-9,14H,3-5,10-13,15H2;1-2H,(H,5,6)(H,7,8). The Morgan fingerprint density at radius 2 is 1.69 bits per heavy atom. The third-order valence-corrected chi connectivity index (χ3v) is 7.03. The molecule has 0 aromatic heterocycles. The number of rotatable bonds is 7. The first kappa shape index (κ1) is 27.9. The number of halogens is 2. The SMILES string of the molecule is Clc1ccc2c(c1)C(c1ccccc1Cl)=NCC(SCCCN1CCCC1)=N2.O=C(O)C=CC(=O)O. The van der Waals surface area contributed by atoms with E-state index < -0.39 is 11.9 Å². The average Bonchev–Trinajstić information content (AvgIpc) is 3.30. The maximum absolute atomic E-state index is 9.55. The Bertz CT molecular complexity index is 1160. The van der Waals surface area contributed by atoms with E-state index in [1.54, 1.807) is 0 Å². The maximum Gasteiger partial charge on any atom is 0.328 e. The zero-order chi connectivity index (χ0) is 25.9. The summed E-state index contributed by atoms with van der Waals surface area (Å²) in [7, 11) is 0. The van der Waals surface area contributed by atoms with Crippen molar-refractivity contribution in [3.63, 3.8) is 0 Å². The highest BCUT2D eigenvalue weighted by atomic mass is 35.5. The molecule has 1 fully saturated rings. The second kappa shape index (κ2) is 14.2. The molecule has 0 bridgehead atoms. The molecule has 0 spiro atoms. The minimum absolute atomic E-state index is 0.558. The first-order valence-corrected chi connectivity index (χ1v) is 13.2. The van der Waals surface area contributed by atoms with E-state index in [1.807, 2.05) is 54.2 Å². The summed E-state index contributed by atoms with van der Waals surface area (Å²) in [4.78, 5) is 31.5. The molecule has 190 valence electrons. The van der Waals surface area contributed by atoms with Crippen molar-refractivity contribution in [2.45, 2.75) is 19.3 Å². The van der Waals surface area contributed by atoms with Gasteiger partial charge in [-0.25, -0.2) is 14.6 Å². The molecular weight excluding hydrogens is 521 g/mol. The number of nitrogens with zero attached hydrogens (tertiary/aromatic N) is 3. The Balaban J connectivity index is 0.000000392. The fourth-order valence-electron chi connectivity index (χ4n) is 3.79. The second-order valence-corrected chi connectivity index (χ2v) is 10.1. The molecule has 10 heteroatoms. The second-order valence-electron chi connectivity index (χ2n) is 8.07. The maximum atomic E-state index is 9.55. The Kier molecular flexibility index (Phi) is 11.0. The lowest BCUT2D eigenvalue weighted by atomic mass is 10.0. The van der Waals surface area contributed by atoms with Gasteiger partial charge in [-0.05, 0) is 63.2 Å². The van der Waals surface area contributed by atoms with Crippen molar-refractivity contribution in [2.75, 3.05) is 31.9 Å². The minimum Gasteiger partial charge on any atom is -0.478 e. The van der Waals surface area contributed by atoms with E-state index in [0.29, 0.717) is 28.7 Å². The van der Waals surface area contributed by atoms with Crippen molar-refractivity contribution in [1.29, 1.82) is 0 Å². The first-order valence-electron chi connectivity index (χ1n) is 11.5. The quantitative estimate of drug-likeness (QED) is 0.335. The number of hydrogen-bond acceptors (Lipinski definition) is 6. The van der Waals surface area contributed by atoms with E-state index in [-0.39, 0.29) is 0 Å². The highest BCUT2D eigenvalue weighted by molar-refractivity contribution is 8.14. The van der Waals surface area contributed by atoms with Crippen LogP contribution in [0, 0.1) is 0 Å². The summed E-state index contributed by atoms with van der Waals surface area (Å²) < 4.78 is 0. The summed E-state index contributed by atoms with van der Waals surface area (Å²) in [6.07, 6.45) is 4.99. The predicted octanol–water partition coefficient (Wildman–Crippen LogP) is 5.81. The molecule has 0 amide bonds. The lowest BCUT2D eigenvalue weighted by molar-refractivity contribution is -0.134. The molecule has 2 aromatic carbocycles. The lowest BCUT2D eigenvalue weighted by Crippen LogP contribution is -2.20. The average molecular weight is 548 g/mol. The summed E-state index contributed by atoms with van der Waals surface area (Å²) in [6.45, 7) is 4.26. The number of thioether (sulfide) groups is 1. The van der Waals surface area contributed by atoms with E-state index in [4.69, 9.17) is 43.4 Å². The van der Waals surface area contributed by atoms with Crippen molar-refractivity contribution in [3.8, 4) is 0 Å². The van der Waals surface area contributed by atoms with Crippen LogP contribution in [0.3, 0.4) is 0 Å². The van der Waals surface area contributed by atoms with E-state index >= 15 is 0 Å². The largest absolute Gasteiger partial charge is 0.478 e. The topological polar surface area (TPSA) is 103 Å². The van der Waals surface area contributed by atoms with Crippen LogP contribution >= 0.6 is 35.0 Å². The highest BCUT2D eigenvalue weighted by Crippen LogP contribution is 2.31. The van der Waals surface area contributed by atoms with Crippen LogP contribution in [0.25, 0.3) is 0 Å². The minimum atomic E-state index is -1.26. The van der Waals surface area contributed by atoms with Crippen molar-refractivity contribution in [3.05, 3.63) is 75.8 Å². The van der Waals surface area contributed by atoms with Gasteiger partial charge in [-0.2, -0.15) is 0 Å². The Morgan fingerprint density at radius 1 is 1.00 bits per heavy atom. The van der Waals surface area contributed by atoms with Gasteiger partial charge in [0.2, 0.25) is 0 Å². The molecule has 7 nitrogen and oxygen atoms in total. The van der Waals surface area contributed by atoms with E-state index in [9.17, 15) is 9.59 Å². The number of carbonyl (C=O) groups is 2. The van der Waals surface area contributed by atoms with Crippen LogP contribution in [0.5, 0.6) is 0 Å². The number of hydrogen-bond donors (Lipinski definition) is 2. The molecule has 2 aromatic rings. The Hall–Kier alpha value is -2.65. The molecule has 2 heterocycles. The van der Waals surface area contributed by atoms with Gasteiger partial charge in [0.1, 0.15) is 0 Å². The Morgan fingerprint density at radius 3 is 2.36 bits per heavy atom. The van der Waals surface area contributed by atoms with Gasteiger partial charge >= 0.3 is 11.9 Å². The van der Waals surface area contributed by atoms with Crippen LogP contribution in [0.2, 0.25) is 10.0 Å². The van der Waals surface area contributed by atoms with Gasteiger partial charge in [-0.15, -0.1) is 11.8 Å². The molecular formula is C26H27Cl2N3O4S. The zero-order valence-corrected chi connectivity index (χ0v) is 21.9. The van der Waals surface area contributed by atoms with E-state index in [1.165, 1.54) is 38.9 Å². The number of aliphatic imine (C=N–C) groups is 2. The third-order valence-electron chi connectivity index (χ3n) is 5.41. The smallest absolute Gasteiger partial charge is 0.328 e. The van der Waals surface area contributed by atoms with Crippen LogP contribution in [0.4, 0.5) is 5.69 Å². The molecule has 1 saturated heterocycles. The Labute approximate surface area is 224 Å². The van der Waals surface area contributed by atoms with Crippen LogP contribution in [-0.4, -0.2) is 69.7 Å². The van der Waals surface area contributed by atoms with Gasteiger partial charge in [0.05, 0.1) is 23.0 Å². The van der Waals surface area contributed by atoms with E-state index in [2.05, 4.69) is 4.90 Å². The monoisotopic (exact) mass is 547 g/mol. The normalized spacial score (nSPS) is 15.4. The third kappa shape index (κ3) is 8.78. The first-order chi connectivity index (χ1) is 17.3. The van der Waals surface area contributed by atoms with Crippen LogP contribution in [0.1, 0.15) is 30.4 Å². The fourth-order valence-corrected chi connectivity index (χ4v) is 5.01. The highest BCUT2D eigenvalue weighted by Gasteiger charge is 2.19. The molecule has 0 unspecified atom stereocenters. The number of likely N-dealkylation sites (tertiary alicyclic amines) is 1. The van der Waals surface area contributed by atoms with Crippen LogP contribution in [0.15, 0.2) is 64.6 Å². The number of benzene rings is 2. The van der Waals surface area contributed by atoms with Gasteiger partial charge in [-0.3, -0.25) is 4.99 Å². The lowest BCUT2D eigenvalue weighted by Gasteiger charge is -2.13. The molecule has 0 atom stereocenters. The van der Waals surface area contributed by atoms with Gasteiger partial charge < -0.3 is 15.1 Å². The number of fused-ring (bicyclic) bond motifs is 1. The molecule has 0 saturated carbocycles. The molecule has 0 aliphatic carbocycles.